The van der Waals surface area contributed by atoms with E-state index in [0.717, 1.165) is 30.8 Å². The van der Waals surface area contributed by atoms with E-state index in [4.69, 9.17) is 0 Å². The van der Waals surface area contributed by atoms with Gasteiger partial charge in [0.05, 0.1) is 0 Å². The molecule has 96 valence electrons. The molecule has 1 atom stereocenters. The van der Waals surface area contributed by atoms with Crippen molar-refractivity contribution < 1.29 is 4.79 Å². The number of nitrogens with one attached hydrogen (secondary N) is 2. The third-order valence-electron chi connectivity index (χ3n) is 3.66. The first-order chi connectivity index (χ1) is 8.83. The van der Waals surface area contributed by atoms with Gasteiger partial charge in [-0.1, -0.05) is 6.07 Å². The lowest BCUT2D eigenvalue weighted by Crippen LogP contribution is -2.29. The second-order valence-corrected chi connectivity index (χ2v) is 6.14. The minimum absolute atomic E-state index is 0.0587. The number of hydrogen-bond donors (Lipinski definition) is 2. The molecule has 2 aliphatic heterocycles. The predicted octanol–water partition coefficient (Wildman–Crippen LogP) is 2.14. The molecule has 3 nitrogen and oxygen atoms in total. The summed E-state index contributed by atoms with van der Waals surface area (Å²) in [5.41, 5.74) is 3.21. The Morgan fingerprint density at radius 2 is 2.44 bits per heavy atom. The lowest BCUT2D eigenvalue weighted by molar-refractivity contribution is 0.0948. The van der Waals surface area contributed by atoms with Crippen LogP contribution in [0.15, 0.2) is 18.2 Å². The summed E-state index contributed by atoms with van der Waals surface area (Å²) in [6, 6.07) is 5.97. The van der Waals surface area contributed by atoms with Gasteiger partial charge in [0.15, 0.2) is 0 Å². The fourth-order valence-electron chi connectivity index (χ4n) is 2.52. The van der Waals surface area contributed by atoms with Crippen molar-refractivity contribution >= 4 is 23.4 Å². The van der Waals surface area contributed by atoms with E-state index < -0.39 is 0 Å². The van der Waals surface area contributed by atoms with Crippen LogP contribution in [-0.2, 0) is 6.42 Å². The highest BCUT2D eigenvalue weighted by Gasteiger charge is 2.17. The summed E-state index contributed by atoms with van der Waals surface area (Å²) < 4.78 is 0. The van der Waals surface area contributed by atoms with Crippen LogP contribution in [0.4, 0.5) is 5.69 Å². The quantitative estimate of drug-likeness (QED) is 0.877. The molecule has 3 rings (SSSR count). The van der Waals surface area contributed by atoms with Gasteiger partial charge in [-0.25, -0.2) is 0 Å². The van der Waals surface area contributed by atoms with E-state index in [9.17, 15) is 4.79 Å². The van der Waals surface area contributed by atoms with E-state index in [-0.39, 0.29) is 5.91 Å². The van der Waals surface area contributed by atoms with Gasteiger partial charge in [0.1, 0.15) is 0 Å². The van der Waals surface area contributed by atoms with Crippen LogP contribution in [0.25, 0.3) is 0 Å². The molecule has 0 bridgehead atoms. The molecule has 0 aliphatic carbocycles. The van der Waals surface area contributed by atoms with Crippen LogP contribution in [-0.4, -0.2) is 30.5 Å². The number of carbonyl (C=O) groups is 1. The highest BCUT2D eigenvalue weighted by molar-refractivity contribution is 7.99. The average molecular weight is 262 g/mol. The number of carbonyl (C=O) groups excluding carboxylic acids is 1. The van der Waals surface area contributed by atoms with Crippen molar-refractivity contribution in [2.45, 2.75) is 12.8 Å². The van der Waals surface area contributed by atoms with Crippen molar-refractivity contribution in [3.8, 4) is 0 Å². The first-order valence-electron chi connectivity index (χ1n) is 6.55. The van der Waals surface area contributed by atoms with E-state index in [1.165, 1.54) is 23.5 Å². The predicted molar refractivity (Wildman–Crippen MR) is 76.4 cm³/mol. The molecule has 1 fully saturated rings. The minimum Gasteiger partial charge on any atom is -0.384 e. The van der Waals surface area contributed by atoms with Gasteiger partial charge in [-0.3, -0.25) is 4.79 Å². The maximum absolute atomic E-state index is 12.1. The summed E-state index contributed by atoms with van der Waals surface area (Å²) in [5, 5.41) is 6.36. The Balaban J connectivity index is 1.61. The Bertz CT molecular complexity index is 455. The molecule has 2 N–H and O–H groups in total. The second-order valence-electron chi connectivity index (χ2n) is 4.99. The molecule has 18 heavy (non-hydrogen) atoms. The van der Waals surface area contributed by atoms with Crippen molar-refractivity contribution in [2.75, 3.05) is 29.9 Å². The van der Waals surface area contributed by atoms with Crippen molar-refractivity contribution in [3.05, 3.63) is 29.3 Å². The van der Waals surface area contributed by atoms with Gasteiger partial charge in [-0.15, -0.1) is 0 Å². The van der Waals surface area contributed by atoms with Gasteiger partial charge in [0.25, 0.3) is 5.91 Å². The number of hydrogen-bond acceptors (Lipinski definition) is 3. The van der Waals surface area contributed by atoms with Crippen LogP contribution in [0.2, 0.25) is 0 Å². The van der Waals surface area contributed by atoms with Gasteiger partial charge in [0.2, 0.25) is 0 Å². The van der Waals surface area contributed by atoms with Crippen LogP contribution in [0.5, 0.6) is 0 Å². The Kier molecular flexibility index (Phi) is 3.46. The van der Waals surface area contributed by atoms with Crippen LogP contribution in [0, 0.1) is 5.92 Å². The van der Waals surface area contributed by atoms with Crippen LogP contribution < -0.4 is 10.6 Å². The van der Waals surface area contributed by atoms with Crippen LogP contribution in [0.1, 0.15) is 22.3 Å². The lowest BCUT2D eigenvalue weighted by atomic mass is 10.1. The standard InChI is InChI=1S/C14H18N2OS/c17-14(16-8-10-4-6-18-9-10)12-2-1-11-3-5-15-13(11)7-12/h1-2,7,10,15H,3-6,8-9H2,(H,16,17). The highest BCUT2D eigenvalue weighted by atomic mass is 32.2. The smallest absolute Gasteiger partial charge is 0.251 e. The van der Waals surface area contributed by atoms with Crippen molar-refractivity contribution in [3.63, 3.8) is 0 Å². The van der Waals surface area contributed by atoms with Crippen molar-refractivity contribution in [1.29, 1.82) is 0 Å². The zero-order chi connectivity index (χ0) is 12.4. The number of anilines is 1. The zero-order valence-electron chi connectivity index (χ0n) is 10.4. The summed E-state index contributed by atoms with van der Waals surface area (Å²) in [7, 11) is 0. The van der Waals surface area contributed by atoms with Gasteiger partial charge in [0, 0.05) is 24.3 Å². The molecule has 1 aromatic rings. The molecule has 0 spiro atoms. The number of rotatable bonds is 3. The van der Waals surface area contributed by atoms with Gasteiger partial charge >= 0.3 is 0 Å². The number of thioether (sulfide) groups is 1. The summed E-state index contributed by atoms with van der Waals surface area (Å²) >= 11 is 1.98. The van der Waals surface area contributed by atoms with E-state index in [1.807, 2.05) is 23.9 Å². The molecular formula is C14H18N2OS. The molecule has 1 amide bonds. The minimum atomic E-state index is 0.0587. The van der Waals surface area contributed by atoms with E-state index in [0.29, 0.717) is 5.92 Å². The van der Waals surface area contributed by atoms with Gasteiger partial charge in [-0.2, -0.15) is 11.8 Å². The van der Waals surface area contributed by atoms with E-state index in [1.54, 1.807) is 0 Å². The SMILES string of the molecule is O=C(NCC1CCSC1)c1ccc2c(c1)NCC2. The van der Waals surface area contributed by atoms with Crippen LogP contribution in [0.3, 0.4) is 0 Å². The fraction of sp³-hybridized carbons (Fsp3) is 0.500. The molecular weight excluding hydrogens is 244 g/mol. The first-order valence-corrected chi connectivity index (χ1v) is 7.71. The van der Waals surface area contributed by atoms with Crippen molar-refractivity contribution in [2.24, 2.45) is 5.92 Å². The highest BCUT2D eigenvalue weighted by Crippen LogP contribution is 2.24. The lowest BCUT2D eigenvalue weighted by Gasteiger charge is -2.10. The molecule has 1 saturated heterocycles. The Morgan fingerprint density at radius 3 is 3.28 bits per heavy atom. The molecule has 1 aromatic carbocycles. The maximum atomic E-state index is 12.1. The van der Waals surface area contributed by atoms with Crippen molar-refractivity contribution in [1.82, 2.24) is 5.32 Å². The number of amides is 1. The molecule has 0 aromatic heterocycles. The van der Waals surface area contributed by atoms with Gasteiger partial charge < -0.3 is 10.6 Å². The Morgan fingerprint density at radius 1 is 1.50 bits per heavy atom. The summed E-state index contributed by atoms with van der Waals surface area (Å²) in [6.45, 7) is 1.80. The summed E-state index contributed by atoms with van der Waals surface area (Å²) in [4.78, 5) is 12.1. The largest absolute Gasteiger partial charge is 0.384 e. The van der Waals surface area contributed by atoms with Gasteiger partial charge in [-0.05, 0) is 48.0 Å². The Labute approximate surface area is 112 Å². The second kappa shape index (κ2) is 5.22. The number of fused-ring (bicyclic) bond motifs is 1. The topological polar surface area (TPSA) is 41.1 Å². The summed E-state index contributed by atoms with van der Waals surface area (Å²) in [5.74, 6) is 3.14. The normalized spacial score (nSPS) is 21.4. The maximum Gasteiger partial charge on any atom is 0.251 e. The molecule has 0 saturated carbocycles. The molecule has 0 radical (unpaired) electrons. The molecule has 2 heterocycles. The monoisotopic (exact) mass is 262 g/mol. The molecule has 1 unspecified atom stereocenters. The number of benzene rings is 1. The third kappa shape index (κ3) is 2.48. The molecule has 4 heteroatoms. The van der Waals surface area contributed by atoms with Crippen LogP contribution >= 0.6 is 11.8 Å². The Hall–Kier alpha value is -1.16. The van der Waals surface area contributed by atoms with E-state index >= 15 is 0 Å². The average Bonchev–Trinajstić information content (AvgIpc) is 3.05. The van der Waals surface area contributed by atoms with E-state index in [2.05, 4.69) is 16.7 Å². The molecule has 2 aliphatic rings. The first kappa shape index (κ1) is 11.9. The third-order valence-corrected chi connectivity index (χ3v) is 4.89. The summed E-state index contributed by atoms with van der Waals surface area (Å²) in [6.07, 6.45) is 2.30. The zero-order valence-corrected chi connectivity index (χ0v) is 11.2. The fourth-order valence-corrected chi connectivity index (χ4v) is 3.80.